The van der Waals surface area contributed by atoms with Crippen LogP contribution in [0.15, 0.2) is 24.3 Å². The van der Waals surface area contributed by atoms with Crippen LogP contribution < -0.4 is 10.1 Å². The van der Waals surface area contributed by atoms with E-state index in [4.69, 9.17) is 4.74 Å². The predicted octanol–water partition coefficient (Wildman–Crippen LogP) is 2.79. The van der Waals surface area contributed by atoms with Gasteiger partial charge in [-0.3, -0.25) is 4.79 Å². The van der Waals surface area contributed by atoms with Crippen molar-refractivity contribution >= 4 is 18.3 Å². The van der Waals surface area contributed by atoms with Gasteiger partial charge in [-0.2, -0.15) is 0 Å². The second kappa shape index (κ2) is 8.39. The summed E-state index contributed by atoms with van der Waals surface area (Å²) in [5, 5.41) is 3.38. The number of amides is 1. The molecule has 5 heteroatoms. The number of ether oxygens (including phenoxy) is 1. The number of rotatable bonds is 6. The zero-order valence-electron chi connectivity index (χ0n) is 13.7. The van der Waals surface area contributed by atoms with Crippen LogP contribution in [0.4, 0.5) is 0 Å². The zero-order valence-corrected chi connectivity index (χ0v) is 14.5. The number of carbonyl (C=O) groups is 1. The normalized spacial score (nSPS) is 20.3. The van der Waals surface area contributed by atoms with E-state index in [9.17, 15) is 4.79 Å². The van der Waals surface area contributed by atoms with E-state index in [1.807, 2.05) is 31.3 Å². The van der Waals surface area contributed by atoms with Gasteiger partial charge in [0.05, 0.1) is 12.1 Å². The average molecular weight is 327 g/mol. The molecule has 1 aromatic carbocycles. The zero-order chi connectivity index (χ0) is 15.3. The fourth-order valence-electron chi connectivity index (χ4n) is 2.84. The molecule has 0 saturated carbocycles. The third-order valence-electron chi connectivity index (χ3n) is 4.32. The Kier molecular flexibility index (Phi) is 7.17. The highest BCUT2D eigenvalue weighted by molar-refractivity contribution is 5.86. The largest absolute Gasteiger partial charge is 0.492 e. The Hall–Kier alpha value is -1.26. The van der Waals surface area contributed by atoms with Crippen molar-refractivity contribution in [2.75, 3.05) is 26.7 Å². The molecule has 1 unspecified atom stereocenters. The van der Waals surface area contributed by atoms with Crippen LogP contribution in [0.2, 0.25) is 0 Å². The minimum absolute atomic E-state index is 0. The lowest BCUT2D eigenvalue weighted by atomic mass is 9.92. The molecular formula is C17H27ClN2O2. The second-order valence-corrected chi connectivity index (χ2v) is 5.85. The maximum atomic E-state index is 12.6. The van der Waals surface area contributed by atoms with Crippen molar-refractivity contribution in [3.63, 3.8) is 0 Å². The third kappa shape index (κ3) is 4.37. The maximum Gasteiger partial charge on any atom is 0.242 e. The van der Waals surface area contributed by atoms with Gasteiger partial charge in [0.1, 0.15) is 12.4 Å². The summed E-state index contributed by atoms with van der Waals surface area (Å²) in [7, 11) is 1.86. The van der Waals surface area contributed by atoms with Crippen molar-refractivity contribution in [1.82, 2.24) is 10.2 Å². The molecule has 0 aromatic heterocycles. The van der Waals surface area contributed by atoms with E-state index in [-0.39, 0.29) is 23.9 Å². The molecule has 1 amide bonds. The predicted molar refractivity (Wildman–Crippen MR) is 91.8 cm³/mol. The molecule has 1 heterocycles. The number of halogens is 1. The van der Waals surface area contributed by atoms with Gasteiger partial charge < -0.3 is 15.0 Å². The van der Waals surface area contributed by atoms with Crippen molar-refractivity contribution in [2.24, 2.45) is 0 Å². The quantitative estimate of drug-likeness (QED) is 0.874. The van der Waals surface area contributed by atoms with E-state index < -0.39 is 0 Å². The van der Waals surface area contributed by atoms with Gasteiger partial charge in [-0.1, -0.05) is 24.6 Å². The number of nitrogens with one attached hydrogen (secondary N) is 1. The molecule has 1 aliphatic heterocycles. The van der Waals surface area contributed by atoms with Gasteiger partial charge in [0, 0.05) is 7.05 Å². The highest BCUT2D eigenvalue weighted by Crippen LogP contribution is 2.25. The molecule has 0 spiro atoms. The Morgan fingerprint density at radius 1 is 1.36 bits per heavy atom. The maximum absolute atomic E-state index is 12.6. The first-order valence-electron chi connectivity index (χ1n) is 7.77. The molecule has 4 nitrogen and oxygen atoms in total. The molecule has 0 radical (unpaired) electrons. The summed E-state index contributed by atoms with van der Waals surface area (Å²) in [5.41, 5.74) is 0.866. The van der Waals surface area contributed by atoms with Crippen LogP contribution >= 0.6 is 12.4 Å². The molecule has 1 N–H and O–H groups in total. The van der Waals surface area contributed by atoms with Crippen LogP contribution in [0.3, 0.4) is 0 Å². The Morgan fingerprint density at radius 3 is 2.59 bits per heavy atom. The molecular weight excluding hydrogens is 300 g/mol. The smallest absolute Gasteiger partial charge is 0.242 e. The number of hydrogen-bond donors (Lipinski definition) is 1. The van der Waals surface area contributed by atoms with Crippen molar-refractivity contribution in [2.45, 2.75) is 38.6 Å². The van der Waals surface area contributed by atoms with E-state index in [2.05, 4.69) is 19.2 Å². The first-order chi connectivity index (χ1) is 10.1. The van der Waals surface area contributed by atoms with Gasteiger partial charge >= 0.3 is 0 Å². The average Bonchev–Trinajstić information content (AvgIpc) is 2.98. The van der Waals surface area contributed by atoms with E-state index >= 15 is 0 Å². The summed E-state index contributed by atoms with van der Waals surface area (Å²) in [4.78, 5) is 14.4. The van der Waals surface area contributed by atoms with Crippen molar-refractivity contribution in [3.05, 3.63) is 29.8 Å². The number of nitrogens with zero attached hydrogens (tertiary/aromatic N) is 1. The van der Waals surface area contributed by atoms with Crippen LogP contribution in [0.1, 0.15) is 31.7 Å². The number of benzene rings is 1. The van der Waals surface area contributed by atoms with Crippen molar-refractivity contribution in [1.29, 1.82) is 0 Å². The van der Waals surface area contributed by atoms with E-state index in [0.717, 1.165) is 31.6 Å². The molecule has 124 valence electrons. The molecule has 0 bridgehead atoms. The van der Waals surface area contributed by atoms with Crippen molar-refractivity contribution < 1.29 is 9.53 Å². The Morgan fingerprint density at radius 2 is 2.05 bits per heavy atom. The van der Waals surface area contributed by atoms with E-state index in [1.165, 1.54) is 5.56 Å². The molecule has 2 rings (SSSR count). The fourth-order valence-corrected chi connectivity index (χ4v) is 2.84. The SMILES string of the molecule is CCC1(C(=O)N(C)CCOc2ccc(C)cc2)CCCN1.Cl. The molecule has 0 aliphatic carbocycles. The lowest BCUT2D eigenvalue weighted by Crippen LogP contribution is -2.54. The number of likely N-dealkylation sites (N-methyl/N-ethyl adjacent to an activating group) is 1. The lowest BCUT2D eigenvalue weighted by molar-refractivity contribution is -0.137. The van der Waals surface area contributed by atoms with Gasteiger partial charge in [0.2, 0.25) is 5.91 Å². The summed E-state index contributed by atoms with van der Waals surface area (Å²) in [6, 6.07) is 7.98. The van der Waals surface area contributed by atoms with E-state index in [1.54, 1.807) is 4.90 Å². The summed E-state index contributed by atoms with van der Waals surface area (Å²) in [5.74, 6) is 1.04. The minimum atomic E-state index is -0.349. The molecule has 1 saturated heterocycles. The van der Waals surface area contributed by atoms with Crippen LogP contribution in [0.5, 0.6) is 5.75 Å². The van der Waals surface area contributed by atoms with Crippen LogP contribution in [-0.4, -0.2) is 43.1 Å². The van der Waals surface area contributed by atoms with Gasteiger partial charge in [0.25, 0.3) is 0 Å². The van der Waals surface area contributed by atoms with E-state index in [0.29, 0.717) is 13.2 Å². The monoisotopic (exact) mass is 326 g/mol. The van der Waals surface area contributed by atoms with Gasteiger partial charge in [-0.15, -0.1) is 12.4 Å². The standard InChI is InChI=1S/C17H26N2O2.ClH/c1-4-17(10-5-11-18-17)16(20)19(3)12-13-21-15-8-6-14(2)7-9-15;/h6-9,18H,4-5,10-13H2,1-3H3;1H. The van der Waals surface area contributed by atoms with Gasteiger partial charge in [0.15, 0.2) is 0 Å². The van der Waals surface area contributed by atoms with Crippen LogP contribution in [0.25, 0.3) is 0 Å². The van der Waals surface area contributed by atoms with Crippen LogP contribution in [0, 0.1) is 6.92 Å². The summed E-state index contributed by atoms with van der Waals surface area (Å²) in [6.07, 6.45) is 2.85. The summed E-state index contributed by atoms with van der Waals surface area (Å²) in [6.45, 7) is 6.19. The number of aryl methyl sites for hydroxylation is 1. The Bertz CT molecular complexity index is 470. The number of hydrogen-bond acceptors (Lipinski definition) is 3. The molecule has 1 aliphatic rings. The van der Waals surface area contributed by atoms with Gasteiger partial charge in [-0.05, 0) is 44.9 Å². The summed E-state index contributed by atoms with van der Waals surface area (Å²) >= 11 is 0. The van der Waals surface area contributed by atoms with Gasteiger partial charge in [-0.25, -0.2) is 0 Å². The topological polar surface area (TPSA) is 41.6 Å². The fraction of sp³-hybridized carbons (Fsp3) is 0.588. The Balaban J connectivity index is 0.00000242. The highest BCUT2D eigenvalue weighted by atomic mass is 35.5. The minimum Gasteiger partial charge on any atom is -0.492 e. The lowest BCUT2D eigenvalue weighted by Gasteiger charge is -2.31. The number of carbonyl (C=O) groups excluding carboxylic acids is 1. The van der Waals surface area contributed by atoms with Crippen molar-refractivity contribution in [3.8, 4) is 5.75 Å². The van der Waals surface area contributed by atoms with Crippen LogP contribution in [-0.2, 0) is 4.79 Å². The molecule has 1 aromatic rings. The highest BCUT2D eigenvalue weighted by Gasteiger charge is 2.40. The third-order valence-corrected chi connectivity index (χ3v) is 4.32. The first kappa shape index (κ1) is 18.8. The second-order valence-electron chi connectivity index (χ2n) is 5.85. The first-order valence-corrected chi connectivity index (χ1v) is 7.77. The molecule has 22 heavy (non-hydrogen) atoms. The Labute approximate surface area is 139 Å². The molecule has 1 atom stereocenters. The molecule has 1 fully saturated rings. The summed E-state index contributed by atoms with van der Waals surface area (Å²) < 4.78 is 5.70.